The Morgan fingerprint density at radius 2 is 1.00 bits per heavy atom. The van der Waals surface area contributed by atoms with Crippen molar-refractivity contribution in [2.45, 2.75) is 13.8 Å². The number of allylic oxidation sites excluding steroid dienone is 2. The first-order chi connectivity index (χ1) is 17.3. The lowest BCUT2D eigenvalue weighted by Crippen LogP contribution is -2.27. The van der Waals surface area contributed by atoms with Crippen LogP contribution >= 0.6 is 45.9 Å². The normalized spacial score (nSPS) is 14.0. The third-order valence-corrected chi connectivity index (χ3v) is 7.70. The zero-order valence-corrected chi connectivity index (χ0v) is 22.2. The van der Waals surface area contributed by atoms with Crippen molar-refractivity contribution in [1.29, 1.82) is 0 Å². The molecule has 36 heavy (non-hydrogen) atoms. The van der Waals surface area contributed by atoms with Crippen LogP contribution in [-0.4, -0.2) is 21.5 Å². The van der Waals surface area contributed by atoms with Crippen molar-refractivity contribution in [2.75, 3.05) is 10.6 Å². The summed E-state index contributed by atoms with van der Waals surface area (Å²) in [5.41, 5.74) is 5.43. The van der Waals surface area contributed by atoms with Gasteiger partial charge in [0.2, 0.25) is 11.6 Å². The second kappa shape index (κ2) is 9.99. The molecule has 2 aromatic carbocycles. The Hall–Kier alpha value is -3.30. The number of anilines is 2. The van der Waals surface area contributed by atoms with E-state index >= 15 is 0 Å². The van der Waals surface area contributed by atoms with Crippen LogP contribution in [-0.2, 0) is 9.59 Å². The Bertz CT molecular complexity index is 1430. The fourth-order valence-corrected chi connectivity index (χ4v) is 5.36. The molecule has 2 aromatic heterocycles. The van der Waals surface area contributed by atoms with Crippen molar-refractivity contribution in [2.24, 2.45) is 0 Å². The van der Waals surface area contributed by atoms with Gasteiger partial charge in [-0.1, -0.05) is 82.9 Å². The van der Waals surface area contributed by atoms with Crippen LogP contribution in [0.25, 0.3) is 22.5 Å². The molecule has 6 nitrogen and oxygen atoms in total. The Morgan fingerprint density at radius 3 is 1.36 bits per heavy atom. The van der Waals surface area contributed by atoms with Gasteiger partial charge in [-0.15, -0.1) is 22.7 Å². The first kappa shape index (κ1) is 24.4. The summed E-state index contributed by atoms with van der Waals surface area (Å²) >= 11 is 15.3. The number of halogens is 2. The first-order valence-electron chi connectivity index (χ1n) is 10.8. The molecule has 1 aliphatic rings. The number of rotatable bonds is 6. The number of Topliss-reactive ketones (excluding diaryl/α,β-unsaturated/α-hetero) is 2. The molecule has 0 aliphatic heterocycles. The fourth-order valence-electron chi connectivity index (χ4n) is 3.46. The van der Waals surface area contributed by atoms with E-state index in [1.165, 1.54) is 22.7 Å². The van der Waals surface area contributed by atoms with Crippen LogP contribution in [0.5, 0.6) is 0 Å². The highest BCUT2D eigenvalue weighted by molar-refractivity contribution is 7.14. The van der Waals surface area contributed by atoms with Crippen molar-refractivity contribution in [3.05, 3.63) is 91.9 Å². The third-order valence-electron chi connectivity index (χ3n) is 5.46. The van der Waals surface area contributed by atoms with E-state index in [4.69, 9.17) is 23.2 Å². The number of ketones is 2. The molecule has 0 radical (unpaired) electrons. The molecule has 2 N–H and O–H groups in total. The van der Waals surface area contributed by atoms with Crippen molar-refractivity contribution in [3.8, 4) is 22.5 Å². The number of thiazole rings is 2. The summed E-state index contributed by atoms with van der Waals surface area (Å²) in [5.74, 6) is -1.21. The van der Waals surface area contributed by atoms with Crippen LogP contribution in [0.1, 0.15) is 11.1 Å². The number of nitrogens with one attached hydrogen (secondary N) is 2. The number of carbonyl (C=O) groups is 2. The third kappa shape index (κ3) is 4.85. The van der Waals surface area contributed by atoms with E-state index in [2.05, 4.69) is 20.6 Å². The van der Waals surface area contributed by atoms with Gasteiger partial charge in [0.15, 0.2) is 10.3 Å². The van der Waals surface area contributed by atoms with Gasteiger partial charge in [-0.3, -0.25) is 9.59 Å². The van der Waals surface area contributed by atoms with Gasteiger partial charge in [0.05, 0.1) is 11.4 Å². The highest BCUT2D eigenvalue weighted by Crippen LogP contribution is 2.34. The number of aromatic nitrogens is 2. The quantitative estimate of drug-likeness (QED) is 0.247. The van der Waals surface area contributed by atoms with E-state index in [1.54, 1.807) is 0 Å². The van der Waals surface area contributed by atoms with Crippen molar-refractivity contribution < 1.29 is 9.59 Å². The second-order valence-electron chi connectivity index (χ2n) is 8.09. The molecule has 5 rings (SSSR count). The molecule has 0 unspecified atom stereocenters. The maximum Gasteiger partial charge on any atom is 0.224 e. The summed E-state index contributed by atoms with van der Waals surface area (Å²) in [4.78, 5) is 35.1. The lowest BCUT2D eigenvalue weighted by atomic mass is 10.1. The minimum Gasteiger partial charge on any atom is -0.327 e. The summed E-state index contributed by atoms with van der Waals surface area (Å²) in [7, 11) is 0. The second-order valence-corrected chi connectivity index (χ2v) is 10.6. The number of carbonyl (C=O) groups excluding carboxylic acids is 2. The van der Waals surface area contributed by atoms with Gasteiger partial charge in [0, 0.05) is 21.9 Å². The summed E-state index contributed by atoms with van der Waals surface area (Å²) < 4.78 is 0. The predicted octanol–water partition coefficient (Wildman–Crippen LogP) is 7.13. The standard InChI is InChI=1S/C26H18Cl2N4O2S2/c1-13-3-7-15(8-4-13)17-11-35-25(29-17)31-21-19(27)24(34)22(20(28)23(21)33)32-26-30-18(12-36-26)16-9-5-14(2)6-10-16/h3-12H,1-2H3,(H,29,31)(H,30,32). The minimum absolute atomic E-state index is 0.110. The molecule has 0 fully saturated rings. The van der Waals surface area contributed by atoms with Crippen molar-refractivity contribution >= 4 is 67.7 Å². The van der Waals surface area contributed by atoms with Crippen LogP contribution in [0.15, 0.2) is 80.7 Å². The Labute approximate surface area is 225 Å². The van der Waals surface area contributed by atoms with Crippen molar-refractivity contribution in [1.82, 2.24) is 9.97 Å². The molecule has 0 spiro atoms. The average Bonchev–Trinajstić information content (AvgIpc) is 3.54. The number of nitrogens with zero attached hydrogens (tertiary/aromatic N) is 2. The van der Waals surface area contributed by atoms with Crippen LogP contribution in [0, 0.1) is 13.8 Å². The molecular formula is C26H18Cl2N4O2S2. The summed E-state index contributed by atoms with van der Waals surface area (Å²) in [6.07, 6.45) is 0. The largest absolute Gasteiger partial charge is 0.327 e. The number of hydrogen-bond acceptors (Lipinski definition) is 8. The molecular weight excluding hydrogens is 535 g/mol. The van der Waals surface area contributed by atoms with Crippen LogP contribution < -0.4 is 10.6 Å². The molecule has 10 heteroatoms. The van der Waals surface area contributed by atoms with Crippen LogP contribution in [0.2, 0.25) is 0 Å². The smallest absolute Gasteiger partial charge is 0.224 e. The van der Waals surface area contributed by atoms with E-state index in [1.807, 2.05) is 73.1 Å². The van der Waals surface area contributed by atoms with Gasteiger partial charge >= 0.3 is 0 Å². The highest BCUT2D eigenvalue weighted by Gasteiger charge is 2.34. The van der Waals surface area contributed by atoms with Crippen LogP contribution in [0.4, 0.5) is 10.3 Å². The molecule has 0 saturated carbocycles. The lowest BCUT2D eigenvalue weighted by molar-refractivity contribution is -0.115. The number of aryl methyl sites for hydroxylation is 2. The van der Waals surface area contributed by atoms with Crippen molar-refractivity contribution in [3.63, 3.8) is 0 Å². The molecule has 0 atom stereocenters. The van der Waals surface area contributed by atoms with Gasteiger partial charge in [-0.05, 0) is 13.8 Å². The van der Waals surface area contributed by atoms with Gasteiger partial charge < -0.3 is 10.6 Å². The summed E-state index contributed by atoms with van der Waals surface area (Å²) in [6, 6.07) is 15.9. The van der Waals surface area contributed by atoms with E-state index in [0.29, 0.717) is 10.3 Å². The van der Waals surface area contributed by atoms with Gasteiger partial charge in [0.25, 0.3) is 0 Å². The maximum absolute atomic E-state index is 13.0. The molecule has 4 aromatic rings. The molecule has 180 valence electrons. The van der Waals surface area contributed by atoms with E-state index in [9.17, 15) is 9.59 Å². The Balaban J connectivity index is 1.34. The summed E-state index contributed by atoms with van der Waals surface area (Å²) in [6.45, 7) is 4.02. The Kier molecular flexibility index (Phi) is 6.77. The lowest BCUT2D eigenvalue weighted by Gasteiger charge is -2.18. The number of benzene rings is 2. The predicted molar refractivity (Wildman–Crippen MR) is 148 cm³/mol. The monoisotopic (exact) mass is 552 g/mol. The SMILES string of the molecule is Cc1ccc(-c2csc(NC3=C(Cl)C(=O)C(Nc4nc(-c5ccc(C)cc5)cs4)=C(Cl)C3=O)n2)cc1. The van der Waals surface area contributed by atoms with Gasteiger partial charge in [-0.25, -0.2) is 9.97 Å². The molecule has 0 bridgehead atoms. The average molecular weight is 553 g/mol. The van der Waals surface area contributed by atoms with Gasteiger partial charge in [0.1, 0.15) is 21.5 Å². The molecule has 0 amide bonds. The minimum atomic E-state index is -0.605. The zero-order valence-electron chi connectivity index (χ0n) is 19.1. The molecule has 1 aliphatic carbocycles. The van der Waals surface area contributed by atoms with E-state index in [-0.39, 0.29) is 21.5 Å². The summed E-state index contributed by atoms with van der Waals surface area (Å²) in [5, 5.41) is 9.78. The maximum atomic E-state index is 13.0. The van der Waals surface area contributed by atoms with Crippen LogP contribution in [0.3, 0.4) is 0 Å². The number of hydrogen-bond donors (Lipinski definition) is 2. The van der Waals surface area contributed by atoms with E-state index < -0.39 is 11.6 Å². The Morgan fingerprint density at radius 1 is 0.639 bits per heavy atom. The fraction of sp³-hybridized carbons (Fsp3) is 0.0769. The topological polar surface area (TPSA) is 84.0 Å². The zero-order chi connectivity index (χ0) is 25.4. The molecule has 2 heterocycles. The van der Waals surface area contributed by atoms with Gasteiger partial charge in [-0.2, -0.15) is 0 Å². The highest BCUT2D eigenvalue weighted by atomic mass is 35.5. The molecule has 0 saturated heterocycles. The first-order valence-corrected chi connectivity index (χ1v) is 13.3. The van der Waals surface area contributed by atoms with E-state index in [0.717, 1.165) is 33.6 Å².